The van der Waals surface area contributed by atoms with Crippen LogP contribution in [0.4, 0.5) is 14.4 Å². The molecule has 3 amide bonds. The number of esters is 1. The zero-order valence-electron chi connectivity index (χ0n) is 23.7. The average Bonchev–Trinajstić information content (AvgIpc) is 2.80. The number of hydrogen-bond acceptors (Lipinski definition) is 9. The highest BCUT2D eigenvalue weighted by molar-refractivity contribution is 5.82. The van der Waals surface area contributed by atoms with Crippen molar-refractivity contribution >= 4 is 30.2 Å². The number of alkyl carbamates (subject to hydrolysis) is 2. The fourth-order valence-corrected chi connectivity index (χ4v) is 2.98. The number of hydrogen-bond donors (Lipinski definition) is 4. The fourth-order valence-electron chi connectivity index (χ4n) is 2.98. The molecule has 222 valence electrons. The molecule has 0 bridgehead atoms. The van der Waals surface area contributed by atoms with Crippen LogP contribution >= 0.6 is 0 Å². The number of carbonyl (C=O) groups is 5. The standard InChI is InChI=1S/C27H39N3O10/c1-8-15-37-22(33)20(30-25(36)40-27(5,6)7)16-17-9-11-18(12-10-17)38-24(35)29-19(21(31)32)13-14-28-23(34)39-26(2,3)4/h8-12,19-20H,1,13-16H2,2-7H3,(H,28,34)(H,29,35)(H,30,36)(H,31,32)/t19?,20-/m0/s1. The van der Waals surface area contributed by atoms with Crippen LogP contribution in [-0.4, -0.2) is 71.8 Å². The maximum Gasteiger partial charge on any atom is 0.413 e. The second-order valence-corrected chi connectivity index (χ2v) is 10.6. The van der Waals surface area contributed by atoms with Gasteiger partial charge in [0.15, 0.2) is 0 Å². The van der Waals surface area contributed by atoms with Gasteiger partial charge in [0.2, 0.25) is 0 Å². The van der Waals surface area contributed by atoms with Crippen LogP contribution in [0.25, 0.3) is 0 Å². The number of benzene rings is 1. The van der Waals surface area contributed by atoms with E-state index in [1.165, 1.54) is 18.2 Å². The molecule has 0 saturated heterocycles. The van der Waals surface area contributed by atoms with Gasteiger partial charge >= 0.3 is 30.2 Å². The second kappa shape index (κ2) is 15.3. The largest absolute Gasteiger partial charge is 0.480 e. The number of rotatable bonds is 12. The highest BCUT2D eigenvalue weighted by Gasteiger charge is 2.26. The van der Waals surface area contributed by atoms with E-state index in [0.717, 1.165) is 0 Å². The van der Waals surface area contributed by atoms with Gasteiger partial charge in [-0.2, -0.15) is 0 Å². The maximum absolute atomic E-state index is 12.5. The summed E-state index contributed by atoms with van der Waals surface area (Å²) < 4.78 is 20.5. The van der Waals surface area contributed by atoms with Gasteiger partial charge in [-0.3, -0.25) is 0 Å². The lowest BCUT2D eigenvalue weighted by Crippen LogP contribution is -2.45. The van der Waals surface area contributed by atoms with Crippen molar-refractivity contribution < 1.29 is 48.0 Å². The molecule has 13 nitrogen and oxygen atoms in total. The molecule has 0 heterocycles. The van der Waals surface area contributed by atoms with E-state index in [2.05, 4.69) is 22.5 Å². The summed E-state index contributed by atoms with van der Waals surface area (Å²) in [5, 5.41) is 16.5. The van der Waals surface area contributed by atoms with Crippen LogP contribution in [-0.2, 0) is 30.2 Å². The molecule has 0 aliphatic carbocycles. The third kappa shape index (κ3) is 14.6. The van der Waals surface area contributed by atoms with Gasteiger partial charge in [-0.25, -0.2) is 24.0 Å². The van der Waals surface area contributed by atoms with Crippen LogP contribution in [0.15, 0.2) is 36.9 Å². The first-order chi connectivity index (χ1) is 18.5. The predicted molar refractivity (Wildman–Crippen MR) is 144 cm³/mol. The third-order valence-electron chi connectivity index (χ3n) is 4.58. The summed E-state index contributed by atoms with van der Waals surface area (Å²) in [6.07, 6.45) is -1.19. The van der Waals surface area contributed by atoms with Crippen LogP contribution in [0.5, 0.6) is 5.75 Å². The summed E-state index contributed by atoms with van der Waals surface area (Å²) in [4.78, 5) is 60.2. The fraction of sp³-hybridized carbons (Fsp3) is 0.519. The molecule has 1 aromatic carbocycles. The smallest absolute Gasteiger partial charge is 0.413 e. The molecule has 13 heteroatoms. The first kappa shape index (κ1) is 33.7. The molecule has 1 rings (SSSR count). The van der Waals surface area contributed by atoms with Gasteiger partial charge in [0.1, 0.15) is 35.6 Å². The number of carboxylic acids is 1. The van der Waals surface area contributed by atoms with E-state index >= 15 is 0 Å². The van der Waals surface area contributed by atoms with Crippen molar-refractivity contribution in [1.82, 2.24) is 16.0 Å². The molecule has 0 spiro atoms. The van der Waals surface area contributed by atoms with Crippen molar-refractivity contribution in [3.05, 3.63) is 42.5 Å². The number of amides is 3. The van der Waals surface area contributed by atoms with Crippen LogP contribution < -0.4 is 20.7 Å². The molecule has 0 saturated carbocycles. The topological polar surface area (TPSA) is 179 Å². The van der Waals surface area contributed by atoms with Gasteiger partial charge in [0, 0.05) is 13.0 Å². The number of carbonyl (C=O) groups excluding carboxylic acids is 4. The minimum Gasteiger partial charge on any atom is -0.480 e. The Balaban J connectivity index is 2.74. The van der Waals surface area contributed by atoms with Crippen molar-refractivity contribution in [2.24, 2.45) is 0 Å². The van der Waals surface area contributed by atoms with Crippen LogP contribution in [0, 0.1) is 0 Å². The first-order valence-electron chi connectivity index (χ1n) is 12.5. The molecule has 40 heavy (non-hydrogen) atoms. The van der Waals surface area contributed by atoms with E-state index in [1.807, 2.05) is 0 Å². The lowest BCUT2D eigenvalue weighted by Gasteiger charge is -2.23. The Labute approximate surface area is 233 Å². The number of nitrogens with one attached hydrogen (secondary N) is 3. The Hall–Kier alpha value is -4.29. The van der Waals surface area contributed by atoms with Gasteiger partial charge in [-0.05, 0) is 65.7 Å². The first-order valence-corrected chi connectivity index (χ1v) is 12.5. The average molecular weight is 566 g/mol. The van der Waals surface area contributed by atoms with E-state index < -0.39 is 53.5 Å². The molecule has 2 atom stereocenters. The van der Waals surface area contributed by atoms with Gasteiger partial charge in [-0.15, -0.1) is 0 Å². The molecular weight excluding hydrogens is 526 g/mol. The Morgan fingerprint density at radius 2 is 1.43 bits per heavy atom. The monoisotopic (exact) mass is 565 g/mol. The van der Waals surface area contributed by atoms with Crippen molar-refractivity contribution in [2.75, 3.05) is 13.2 Å². The Morgan fingerprint density at radius 3 is 1.95 bits per heavy atom. The quantitative estimate of drug-likeness (QED) is 0.167. The zero-order valence-corrected chi connectivity index (χ0v) is 23.7. The SMILES string of the molecule is C=CCOC(=O)[C@H](Cc1ccc(OC(=O)NC(CCNC(=O)OC(C)(C)C)C(=O)O)cc1)NC(=O)OC(C)(C)C. The van der Waals surface area contributed by atoms with Gasteiger partial charge in [-0.1, -0.05) is 24.8 Å². The van der Waals surface area contributed by atoms with Crippen molar-refractivity contribution in [3.8, 4) is 5.75 Å². The number of carboxylic acid groups (broad SMARTS) is 1. The molecule has 1 aromatic rings. The molecular formula is C27H39N3O10. The molecule has 0 aliphatic heterocycles. The summed E-state index contributed by atoms with van der Waals surface area (Å²) in [7, 11) is 0. The summed E-state index contributed by atoms with van der Waals surface area (Å²) in [5.74, 6) is -1.90. The Morgan fingerprint density at radius 1 is 0.875 bits per heavy atom. The highest BCUT2D eigenvalue weighted by atomic mass is 16.6. The van der Waals surface area contributed by atoms with E-state index in [4.69, 9.17) is 18.9 Å². The van der Waals surface area contributed by atoms with Crippen LogP contribution in [0.1, 0.15) is 53.5 Å². The second-order valence-electron chi connectivity index (χ2n) is 10.6. The summed E-state index contributed by atoms with van der Waals surface area (Å²) in [6, 6.07) is 3.61. The molecule has 0 radical (unpaired) electrons. The highest BCUT2D eigenvalue weighted by Crippen LogP contribution is 2.15. The molecule has 0 aliphatic rings. The van der Waals surface area contributed by atoms with Crippen molar-refractivity contribution in [3.63, 3.8) is 0 Å². The van der Waals surface area contributed by atoms with Gasteiger partial charge < -0.3 is 40.0 Å². The van der Waals surface area contributed by atoms with Crippen molar-refractivity contribution in [2.45, 2.75) is 77.7 Å². The van der Waals surface area contributed by atoms with Crippen LogP contribution in [0.3, 0.4) is 0 Å². The predicted octanol–water partition coefficient (Wildman–Crippen LogP) is 3.31. The zero-order chi connectivity index (χ0) is 30.5. The number of aliphatic carboxylic acids is 1. The van der Waals surface area contributed by atoms with Gasteiger partial charge in [0.25, 0.3) is 0 Å². The van der Waals surface area contributed by atoms with Crippen molar-refractivity contribution in [1.29, 1.82) is 0 Å². The molecule has 0 fully saturated rings. The minimum atomic E-state index is -1.33. The molecule has 0 aromatic heterocycles. The van der Waals surface area contributed by atoms with E-state index in [1.54, 1.807) is 53.7 Å². The summed E-state index contributed by atoms with van der Waals surface area (Å²) >= 11 is 0. The number of ether oxygens (including phenoxy) is 4. The van der Waals surface area contributed by atoms with E-state index in [9.17, 15) is 29.1 Å². The molecule has 4 N–H and O–H groups in total. The van der Waals surface area contributed by atoms with E-state index in [0.29, 0.717) is 5.56 Å². The Bertz CT molecular complexity index is 1040. The third-order valence-corrected chi connectivity index (χ3v) is 4.58. The minimum absolute atomic E-state index is 0.0401. The lowest BCUT2D eigenvalue weighted by atomic mass is 10.1. The summed E-state index contributed by atoms with van der Waals surface area (Å²) in [6.45, 7) is 13.5. The van der Waals surface area contributed by atoms with Gasteiger partial charge in [0.05, 0.1) is 0 Å². The molecule has 1 unspecified atom stereocenters. The Kier molecular flexibility index (Phi) is 12.9. The normalized spacial score (nSPS) is 12.7. The summed E-state index contributed by atoms with van der Waals surface area (Å²) in [5.41, 5.74) is -0.882. The van der Waals surface area contributed by atoms with Crippen LogP contribution in [0.2, 0.25) is 0 Å². The maximum atomic E-state index is 12.5. The lowest BCUT2D eigenvalue weighted by molar-refractivity contribution is -0.145. The van der Waals surface area contributed by atoms with E-state index in [-0.39, 0.29) is 31.7 Å².